The molecule has 1 N–H and O–H groups in total. The molecule has 17 heavy (non-hydrogen) atoms. The van der Waals surface area contributed by atoms with Crippen LogP contribution in [-0.4, -0.2) is 11.2 Å². The summed E-state index contributed by atoms with van der Waals surface area (Å²) in [4.78, 5) is 2.73. The fourth-order valence-corrected chi connectivity index (χ4v) is 2.83. The van der Waals surface area contributed by atoms with Gasteiger partial charge in [-0.3, -0.25) is 0 Å². The van der Waals surface area contributed by atoms with Crippen molar-refractivity contribution in [3.8, 4) is 0 Å². The molecule has 0 aliphatic rings. The van der Waals surface area contributed by atoms with Crippen LogP contribution in [0.25, 0.3) is 0 Å². The molecule has 1 rings (SSSR count). The van der Waals surface area contributed by atoms with Crippen molar-refractivity contribution in [3.63, 3.8) is 0 Å². The van der Waals surface area contributed by atoms with Crippen LogP contribution in [0, 0.1) is 11.3 Å². The maximum Gasteiger partial charge on any atom is 0.0591 e. The van der Waals surface area contributed by atoms with Crippen LogP contribution in [0.4, 0.5) is 0 Å². The van der Waals surface area contributed by atoms with Gasteiger partial charge in [-0.1, -0.05) is 34.6 Å². The molecule has 1 aromatic rings. The van der Waals surface area contributed by atoms with Crippen molar-refractivity contribution in [3.05, 3.63) is 21.9 Å². The number of aliphatic hydroxyl groups is 1. The van der Waals surface area contributed by atoms with Gasteiger partial charge in [0.1, 0.15) is 0 Å². The normalized spacial score (nSPS) is 15.9. The Bertz CT molecular complexity index is 335. The topological polar surface area (TPSA) is 20.2 Å². The average Bonchev–Trinajstić information content (AvgIpc) is 2.63. The fourth-order valence-electron chi connectivity index (χ4n) is 1.80. The molecule has 1 heterocycles. The van der Waals surface area contributed by atoms with E-state index in [1.165, 1.54) is 9.75 Å². The minimum Gasteiger partial charge on any atom is -0.393 e. The van der Waals surface area contributed by atoms with Gasteiger partial charge in [0.15, 0.2) is 0 Å². The first-order chi connectivity index (χ1) is 7.82. The van der Waals surface area contributed by atoms with Gasteiger partial charge in [-0.2, -0.15) is 0 Å². The molecule has 1 aromatic heterocycles. The molecule has 0 aliphatic carbocycles. The van der Waals surface area contributed by atoms with Gasteiger partial charge in [-0.15, -0.1) is 11.3 Å². The number of thiophene rings is 1. The number of aryl methyl sites for hydroxylation is 1. The Morgan fingerprint density at radius 3 is 2.29 bits per heavy atom. The highest BCUT2D eigenvalue weighted by Gasteiger charge is 2.22. The van der Waals surface area contributed by atoms with Crippen LogP contribution < -0.4 is 0 Å². The molecule has 0 saturated heterocycles. The molecular formula is C15H26OS. The third-order valence-electron chi connectivity index (χ3n) is 3.61. The molecule has 0 aliphatic heterocycles. The summed E-state index contributed by atoms with van der Waals surface area (Å²) in [6, 6.07) is 4.34. The Labute approximate surface area is 110 Å². The Morgan fingerprint density at radius 2 is 1.82 bits per heavy atom. The second kappa shape index (κ2) is 6.01. The molecule has 0 fully saturated rings. The van der Waals surface area contributed by atoms with E-state index >= 15 is 0 Å². The summed E-state index contributed by atoms with van der Waals surface area (Å²) in [6.07, 6.45) is 2.60. The van der Waals surface area contributed by atoms with Crippen LogP contribution >= 0.6 is 11.3 Å². The first kappa shape index (κ1) is 14.7. The van der Waals surface area contributed by atoms with E-state index in [1.54, 1.807) is 0 Å². The lowest BCUT2D eigenvalue weighted by atomic mass is 9.78. The average molecular weight is 254 g/mol. The number of rotatable bonds is 5. The summed E-state index contributed by atoms with van der Waals surface area (Å²) in [5.41, 5.74) is 0.283. The Kier molecular flexibility index (Phi) is 5.21. The fraction of sp³-hybridized carbons (Fsp3) is 0.733. The molecule has 2 unspecified atom stereocenters. The summed E-state index contributed by atoms with van der Waals surface area (Å²) in [6.45, 7) is 11.1. The zero-order valence-corrected chi connectivity index (χ0v) is 12.6. The van der Waals surface area contributed by atoms with E-state index in [9.17, 15) is 5.11 Å². The third kappa shape index (κ3) is 4.81. The van der Waals surface area contributed by atoms with Crippen LogP contribution in [0.2, 0.25) is 0 Å². The maximum atomic E-state index is 10.1. The molecular weight excluding hydrogens is 228 g/mol. The highest BCUT2D eigenvalue weighted by molar-refractivity contribution is 7.11. The summed E-state index contributed by atoms with van der Waals surface area (Å²) in [5, 5.41) is 10.1. The van der Waals surface area contributed by atoms with Crippen molar-refractivity contribution in [1.82, 2.24) is 0 Å². The lowest BCUT2D eigenvalue weighted by Crippen LogP contribution is -2.23. The van der Waals surface area contributed by atoms with Gasteiger partial charge in [0, 0.05) is 16.2 Å². The molecule has 2 atom stereocenters. The monoisotopic (exact) mass is 254 g/mol. The van der Waals surface area contributed by atoms with Crippen molar-refractivity contribution >= 4 is 11.3 Å². The van der Waals surface area contributed by atoms with E-state index in [0.29, 0.717) is 5.92 Å². The number of hydrogen-bond acceptors (Lipinski definition) is 2. The molecule has 2 heteroatoms. The van der Waals surface area contributed by atoms with E-state index < -0.39 is 0 Å². The molecule has 0 bridgehead atoms. The molecule has 0 amide bonds. The zero-order chi connectivity index (χ0) is 13.1. The molecule has 0 aromatic carbocycles. The lowest BCUT2D eigenvalue weighted by molar-refractivity contribution is 0.111. The Hall–Kier alpha value is -0.340. The van der Waals surface area contributed by atoms with E-state index in [-0.39, 0.29) is 11.5 Å². The Balaban J connectivity index is 2.46. The highest BCUT2D eigenvalue weighted by atomic mass is 32.1. The summed E-state index contributed by atoms with van der Waals surface area (Å²) < 4.78 is 0. The number of hydrogen-bond donors (Lipinski definition) is 1. The van der Waals surface area contributed by atoms with Crippen LogP contribution in [0.3, 0.4) is 0 Å². The van der Waals surface area contributed by atoms with Crippen molar-refractivity contribution in [1.29, 1.82) is 0 Å². The second-order valence-corrected chi connectivity index (χ2v) is 7.34. The van der Waals surface area contributed by atoms with Crippen LogP contribution in [0.15, 0.2) is 12.1 Å². The van der Waals surface area contributed by atoms with Crippen molar-refractivity contribution < 1.29 is 5.11 Å². The maximum absolute atomic E-state index is 10.1. The van der Waals surface area contributed by atoms with E-state index in [1.807, 2.05) is 11.3 Å². The van der Waals surface area contributed by atoms with Crippen molar-refractivity contribution in [2.75, 3.05) is 0 Å². The van der Waals surface area contributed by atoms with Gasteiger partial charge in [-0.05, 0) is 36.3 Å². The minimum atomic E-state index is -0.201. The van der Waals surface area contributed by atoms with Crippen molar-refractivity contribution in [2.45, 2.75) is 60.0 Å². The molecule has 1 nitrogen and oxygen atoms in total. The van der Waals surface area contributed by atoms with E-state index in [0.717, 1.165) is 19.3 Å². The van der Waals surface area contributed by atoms with Gasteiger partial charge < -0.3 is 5.11 Å². The molecule has 0 radical (unpaired) electrons. The minimum absolute atomic E-state index is 0.201. The largest absolute Gasteiger partial charge is 0.393 e. The summed E-state index contributed by atoms with van der Waals surface area (Å²) in [7, 11) is 0. The SMILES string of the molecule is CCc1ccc(CC(O)CC(C)C(C)(C)C)s1. The third-order valence-corrected chi connectivity index (χ3v) is 4.86. The molecule has 98 valence electrons. The van der Waals surface area contributed by atoms with Gasteiger partial charge in [-0.25, -0.2) is 0 Å². The smallest absolute Gasteiger partial charge is 0.0591 e. The lowest BCUT2D eigenvalue weighted by Gasteiger charge is -2.29. The van der Waals surface area contributed by atoms with E-state index in [2.05, 4.69) is 46.8 Å². The Morgan fingerprint density at radius 1 is 1.24 bits per heavy atom. The molecule has 0 saturated carbocycles. The number of aliphatic hydroxyl groups excluding tert-OH is 1. The van der Waals surface area contributed by atoms with Crippen LogP contribution in [-0.2, 0) is 12.8 Å². The van der Waals surface area contributed by atoms with E-state index in [4.69, 9.17) is 0 Å². The highest BCUT2D eigenvalue weighted by Crippen LogP contribution is 2.30. The predicted octanol–water partition coefficient (Wildman–Crippen LogP) is 4.29. The van der Waals surface area contributed by atoms with Crippen LogP contribution in [0.1, 0.15) is 50.8 Å². The first-order valence-electron chi connectivity index (χ1n) is 6.58. The van der Waals surface area contributed by atoms with Gasteiger partial charge in [0.05, 0.1) is 6.10 Å². The van der Waals surface area contributed by atoms with Gasteiger partial charge in [0.25, 0.3) is 0 Å². The zero-order valence-electron chi connectivity index (χ0n) is 11.8. The first-order valence-corrected chi connectivity index (χ1v) is 7.40. The standard InChI is InChI=1S/C15H26OS/c1-6-13-7-8-14(17-13)10-12(16)9-11(2)15(3,4)5/h7-8,11-12,16H,6,9-10H2,1-5H3. The quantitative estimate of drug-likeness (QED) is 0.831. The summed E-state index contributed by atoms with van der Waals surface area (Å²) >= 11 is 1.84. The van der Waals surface area contributed by atoms with Crippen LogP contribution in [0.5, 0.6) is 0 Å². The van der Waals surface area contributed by atoms with Gasteiger partial charge >= 0.3 is 0 Å². The predicted molar refractivity (Wildman–Crippen MR) is 76.6 cm³/mol. The van der Waals surface area contributed by atoms with Gasteiger partial charge in [0.2, 0.25) is 0 Å². The van der Waals surface area contributed by atoms with Crippen molar-refractivity contribution in [2.24, 2.45) is 11.3 Å². The second-order valence-electron chi connectivity index (χ2n) is 6.08. The summed E-state index contributed by atoms with van der Waals surface area (Å²) in [5.74, 6) is 0.545. The molecule has 0 spiro atoms.